The molecule has 2 fully saturated rings. The standard InChI is InChI=1S/C9H11ClNO.C7H12N.Y/c1-12-9(6-11)7-3-2-4-8(10)5-7;8-7-4-5-1-2-6(7)3-5;/h2-5,9,11H,6H2,1H3;5-8H,1-4H2;/q2*-1;. The van der Waals surface area contributed by atoms with Gasteiger partial charge in [0.05, 0.1) is 6.10 Å². The molecule has 0 amide bonds. The van der Waals surface area contributed by atoms with Gasteiger partial charge in [0.2, 0.25) is 0 Å². The molecule has 1 aromatic carbocycles. The van der Waals surface area contributed by atoms with Gasteiger partial charge in [-0.05, 0) is 30.0 Å². The van der Waals surface area contributed by atoms with Crippen LogP contribution in [0.3, 0.4) is 0 Å². The number of hydrogen-bond donors (Lipinski definition) is 0. The first-order valence-corrected chi connectivity index (χ1v) is 7.65. The summed E-state index contributed by atoms with van der Waals surface area (Å²) in [6.45, 7) is 0.219. The SMILES string of the molecule is COC(C[NH-])c1cccc(Cl)c1.[NH-]C1CC2CCC1C2.[Y]. The predicted molar refractivity (Wildman–Crippen MR) is 83.9 cm³/mol. The molecule has 115 valence electrons. The van der Waals surface area contributed by atoms with E-state index < -0.39 is 0 Å². The normalized spacial score (nSPS) is 27.5. The van der Waals surface area contributed by atoms with Gasteiger partial charge in [0.25, 0.3) is 0 Å². The Labute approximate surface area is 158 Å². The number of benzene rings is 1. The Kier molecular flexibility index (Phi) is 8.93. The van der Waals surface area contributed by atoms with Crippen molar-refractivity contribution in [3.63, 3.8) is 0 Å². The Morgan fingerprint density at radius 2 is 2.10 bits per heavy atom. The molecular formula is C16H23ClN2OY-2. The van der Waals surface area contributed by atoms with Crippen molar-refractivity contribution in [1.29, 1.82) is 0 Å². The molecule has 4 unspecified atom stereocenters. The molecule has 2 aliphatic rings. The van der Waals surface area contributed by atoms with Crippen molar-refractivity contribution in [2.24, 2.45) is 11.8 Å². The predicted octanol–water partition coefficient (Wildman–Crippen LogP) is 5.30. The number of halogens is 1. The zero-order valence-corrected chi connectivity index (χ0v) is 16.1. The smallest absolute Gasteiger partial charge is 0.0632 e. The van der Waals surface area contributed by atoms with E-state index in [1.165, 1.54) is 25.7 Å². The first-order valence-electron chi connectivity index (χ1n) is 7.28. The van der Waals surface area contributed by atoms with Crippen LogP contribution in [0.25, 0.3) is 11.5 Å². The minimum absolute atomic E-state index is 0. The summed E-state index contributed by atoms with van der Waals surface area (Å²) in [6.07, 6.45) is 5.22. The molecular weight excluding hydrogens is 361 g/mol. The van der Waals surface area contributed by atoms with Crippen LogP contribution in [0.4, 0.5) is 0 Å². The van der Waals surface area contributed by atoms with Gasteiger partial charge in [0.1, 0.15) is 0 Å². The van der Waals surface area contributed by atoms with Gasteiger partial charge >= 0.3 is 0 Å². The van der Waals surface area contributed by atoms with Gasteiger partial charge in [0.15, 0.2) is 0 Å². The monoisotopic (exact) mass is 383 g/mol. The van der Waals surface area contributed by atoms with Crippen LogP contribution in [-0.2, 0) is 37.4 Å². The van der Waals surface area contributed by atoms with Crippen LogP contribution in [0, 0.1) is 11.8 Å². The first-order chi connectivity index (χ1) is 9.63. The maximum Gasteiger partial charge on any atom is 0.0632 e. The maximum atomic E-state index is 7.52. The number of methoxy groups -OCH3 is 1. The number of rotatable bonds is 3. The molecule has 3 nitrogen and oxygen atoms in total. The van der Waals surface area contributed by atoms with Crippen molar-refractivity contribution in [2.75, 3.05) is 13.7 Å². The molecule has 0 aromatic heterocycles. The topological polar surface area (TPSA) is 56.8 Å². The molecule has 1 radical (unpaired) electrons. The first kappa shape index (κ1) is 19.5. The minimum atomic E-state index is -0.163. The van der Waals surface area contributed by atoms with Crippen LogP contribution in [0.15, 0.2) is 24.3 Å². The van der Waals surface area contributed by atoms with Crippen molar-refractivity contribution in [2.45, 2.75) is 37.8 Å². The summed E-state index contributed by atoms with van der Waals surface area (Å²) in [5.41, 5.74) is 15.7. The molecule has 2 N–H and O–H groups in total. The average Bonchev–Trinajstić information content (AvgIpc) is 3.03. The zero-order chi connectivity index (χ0) is 14.5. The molecule has 0 heterocycles. The summed E-state index contributed by atoms with van der Waals surface area (Å²) in [5.74, 6) is 1.77. The fourth-order valence-electron chi connectivity index (χ4n) is 3.29. The van der Waals surface area contributed by atoms with Gasteiger partial charge in [-0.3, -0.25) is 0 Å². The molecule has 0 spiro atoms. The maximum absolute atomic E-state index is 7.52. The van der Waals surface area contributed by atoms with E-state index in [1.807, 2.05) is 24.3 Å². The molecule has 2 saturated carbocycles. The third-order valence-corrected chi connectivity index (χ3v) is 4.66. The fraction of sp³-hybridized carbons (Fsp3) is 0.625. The van der Waals surface area contributed by atoms with Crippen LogP contribution >= 0.6 is 11.6 Å². The van der Waals surface area contributed by atoms with Crippen LogP contribution in [-0.4, -0.2) is 19.7 Å². The van der Waals surface area contributed by atoms with Crippen molar-refractivity contribution >= 4 is 11.6 Å². The Hall–Kier alpha value is 0.494. The second kappa shape index (κ2) is 9.59. The zero-order valence-electron chi connectivity index (χ0n) is 12.5. The summed E-state index contributed by atoms with van der Waals surface area (Å²) in [4.78, 5) is 0. The van der Waals surface area contributed by atoms with E-state index in [9.17, 15) is 0 Å². The molecule has 0 aliphatic heterocycles. The quantitative estimate of drug-likeness (QED) is 0.698. The molecule has 5 heteroatoms. The Bertz CT molecular complexity index is 426. The molecule has 21 heavy (non-hydrogen) atoms. The molecule has 4 atom stereocenters. The number of nitrogens with one attached hydrogen (secondary N) is 2. The molecule has 0 saturated heterocycles. The van der Waals surface area contributed by atoms with Gasteiger partial charge in [-0.2, -0.15) is 0 Å². The molecule has 1 aromatic rings. The Morgan fingerprint density at radius 3 is 2.48 bits per heavy atom. The third-order valence-electron chi connectivity index (χ3n) is 4.43. The van der Waals surface area contributed by atoms with Gasteiger partial charge < -0.3 is 16.2 Å². The van der Waals surface area contributed by atoms with E-state index in [1.54, 1.807) is 7.11 Å². The van der Waals surface area contributed by atoms with E-state index in [0.29, 0.717) is 11.1 Å². The summed E-state index contributed by atoms with van der Waals surface area (Å²) in [7, 11) is 1.60. The van der Waals surface area contributed by atoms with Crippen molar-refractivity contribution < 1.29 is 37.4 Å². The van der Waals surface area contributed by atoms with E-state index in [2.05, 4.69) is 0 Å². The van der Waals surface area contributed by atoms with E-state index in [-0.39, 0.29) is 45.4 Å². The van der Waals surface area contributed by atoms with Gasteiger partial charge in [0, 0.05) is 44.8 Å². The number of hydrogen-bond acceptors (Lipinski definition) is 1. The molecule has 3 rings (SSSR count). The summed E-state index contributed by atoms with van der Waals surface area (Å²) in [6, 6.07) is 7.73. The third kappa shape index (κ3) is 5.56. The van der Waals surface area contributed by atoms with E-state index in [4.69, 9.17) is 27.8 Å². The minimum Gasteiger partial charge on any atom is -0.675 e. The van der Waals surface area contributed by atoms with Gasteiger partial charge in [-0.15, -0.1) is 12.6 Å². The summed E-state index contributed by atoms with van der Waals surface area (Å²) in [5, 5.41) is 0.683. The Morgan fingerprint density at radius 1 is 1.33 bits per heavy atom. The molecule has 2 bridgehead atoms. The van der Waals surface area contributed by atoms with Crippen molar-refractivity contribution in [3.8, 4) is 0 Å². The van der Waals surface area contributed by atoms with Crippen LogP contribution in [0.2, 0.25) is 5.02 Å². The van der Waals surface area contributed by atoms with Crippen LogP contribution in [0.5, 0.6) is 0 Å². The van der Waals surface area contributed by atoms with Gasteiger partial charge in [-0.25, -0.2) is 0 Å². The average molecular weight is 384 g/mol. The number of fused-ring (bicyclic) bond motifs is 2. The Balaban J connectivity index is 0.000000213. The van der Waals surface area contributed by atoms with Crippen molar-refractivity contribution in [1.82, 2.24) is 0 Å². The second-order valence-electron chi connectivity index (χ2n) is 5.76. The van der Waals surface area contributed by atoms with Crippen molar-refractivity contribution in [3.05, 3.63) is 46.3 Å². The van der Waals surface area contributed by atoms with E-state index in [0.717, 1.165) is 17.4 Å². The fourth-order valence-corrected chi connectivity index (χ4v) is 3.49. The summed E-state index contributed by atoms with van der Waals surface area (Å²) >= 11 is 5.79. The number of ether oxygens (including phenoxy) is 1. The van der Waals surface area contributed by atoms with E-state index >= 15 is 0 Å². The molecule has 2 aliphatic carbocycles. The largest absolute Gasteiger partial charge is 0.675 e. The van der Waals surface area contributed by atoms with Crippen LogP contribution < -0.4 is 0 Å². The second-order valence-corrected chi connectivity index (χ2v) is 6.20. The van der Waals surface area contributed by atoms with Gasteiger partial charge in [-0.1, -0.05) is 48.9 Å². The van der Waals surface area contributed by atoms with Crippen LogP contribution in [0.1, 0.15) is 37.4 Å². The summed E-state index contributed by atoms with van der Waals surface area (Å²) < 4.78 is 5.09.